The molecule has 0 N–H and O–H groups in total. The van der Waals surface area contributed by atoms with E-state index in [1.165, 1.54) is 0 Å². The molecule has 2 aromatic rings. The van der Waals surface area contributed by atoms with Crippen LogP contribution in [0.15, 0.2) is 48.7 Å². The van der Waals surface area contributed by atoms with Crippen LogP contribution < -0.4 is 4.90 Å². The minimum Gasteiger partial charge on any atom is -0.353 e. The number of hydrogen-bond donors (Lipinski definition) is 0. The van der Waals surface area contributed by atoms with Gasteiger partial charge in [-0.1, -0.05) is 37.3 Å². The molecule has 1 saturated heterocycles. The number of amides is 1. The third-order valence-electron chi connectivity index (χ3n) is 4.66. The van der Waals surface area contributed by atoms with E-state index in [1.807, 2.05) is 23.1 Å². The minimum atomic E-state index is 0.101. The van der Waals surface area contributed by atoms with Crippen molar-refractivity contribution in [2.45, 2.75) is 32.4 Å². The molecule has 1 atom stereocenters. The number of carbonyl (C=O) groups is 1. The van der Waals surface area contributed by atoms with Crippen LogP contribution in [0.5, 0.6) is 0 Å². The minimum absolute atomic E-state index is 0.101. The van der Waals surface area contributed by atoms with E-state index in [9.17, 15) is 10.1 Å². The molecular formula is C20H22N4O. The van der Waals surface area contributed by atoms with Crippen LogP contribution >= 0.6 is 0 Å². The van der Waals surface area contributed by atoms with Crippen LogP contribution in [0.25, 0.3) is 0 Å². The molecule has 25 heavy (non-hydrogen) atoms. The number of pyridine rings is 1. The predicted molar refractivity (Wildman–Crippen MR) is 96.9 cm³/mol. The Kier molecular flexibility index (Phi) is 5.30. The Morgan fingerprint density at radius 2 is 2.04 bits per heavy atom. The first-order valence-electron chi connectivity index (χ1n) is 8.66. The van der Waals surface area contributed by atoms with E-state index in [-0.39, 0.29) is 11.9 Å². The molecule has 0 bridgehead atoms. The van der Waals surface area contributed by atoms with Crippen molar-refractivity contribution in [2.24, 2.45) is 0 Å². The first kappa shape index (κ1) is 17.0. The second kappa shape index (κ2) is 7.80. The third kappa shape index (κ3) is 3.80. The van der Waals surface area contributed by atoms with E-state index in [4.69, 9.17) is 0 Å². The Morgan fingerprint density at radius 1 is 1.24 bits per heavy atom. The molecule has 0 radical (unpaired) electrons. The number of nitrogens with zero attached hydrogens (tertiary/aromatic N) is 4. The van der Waals surface area contributed by atoms with Gasteiger partial charge >= 0.3 is 0 Å². The van der Waals surface area contributed by atoms with Gasteiger partial charge in [0, 0.05) is 38.3 Å². The molecular weight excluding hydrogens is 312 g/mol. The largest absolute Gasteiger partial charge is 0.353 e. The van der Waals surface area contributed by atoms with Crippen molar-refractivity contribution >= 4 is 11.7 Å². The lowest BCUT2D eigenvalue weighted by Crippen LogP contribution is -2.42. The Morgan fingerprint density at radius 3 is 2.76 bits per heavy atom. The molecule has 1 unspecified atom stereocenters. The molecule has 0 saturated carbocycles. The quantitative estimate of drug-likeness (QED) is 0.862. The molecule has 5 heteroatoms. The van der Waals surface area contributed by atoms with Gasteiger partial charge in [0.15, 0.2) is 0 Å². The van der Waals surface area contributed by atoms with E-state index in [2.05, 4.69) is 35.0 Å². The van der Waals surface area contributed by atoms with Crippen LogP contribution in [0, 0.1) is 11.3 Å². The summed E-state index contributed by atoms with van der Waals surface area (Å²) in [5, 5.41) is 9.35. The first-order chi connectivity index (χ1) is 12.2. The van der Waals surface area contributed by atoms with E-state index in [1.54, 1.807) is 18.3 Å². The summed E-state index contributed by atoms with van der Waals surface area (Å²) < 4.78 is 0. The number of hydrogen-bond acceptors (Lipinski definition) is 4. The standard InChI is InChI=1S/C20H22N4O/c1-2-18-15-23(20-17(13-21)9-6-11-22-20)12-10-19(25)24(18)14-16-7-4-3-5-8-16/h3-9,11,18H,2,10,12,14-15H2,1H3. The number of aromatic nitrogens is 1. The Balaban J connectivity index is 1.85. The van der Waals surface area contributed by atoms with Gasteiger partial charge in [-0.2, -0.15) is 5.26 Å². The average molecular weight is 334 g/mol. The van der Waals surface area contributed by atoms with Crippen LogP contribution in [0.1, 0.15) is 30.9 Å². The van der Waals surface area contributed by atoms with Gasteiger partial charge in [-0.25, -0.2) is 4.98 Å². The van der Waals surface area contributed by atoms with Gasteiger partial charge < -0.3 is 9.80 Å². The van der Waals surface area contributed by atoms with Gasteiger partial charge in [-0.3, -0.25) is 4.79 Å². The van der Waals surface area contributed by atoms with E-state index in [0.717, 1.165) is 12.0 Å². The molecule has 2 heterocycles. The molecule has 1 aliphatic rings. The van der Waals surface area contributed by atoms with Crippen molar-refractivity contribution in [3.63, 3.8) is 0 Å². The number of carbonyl (C=O) groups excluding carboxylic acids is 1. The van der Waals surface area contributed by atoms with Crippen LogP contribution in [-0.4, -0.2) is 34.9 Å². The van der Waals surface area contributed by atoms with Gasteiger partial charge in [-0.15, -0.1) is 0 Å². The summed E-state index contributed by atoms with van der Waals surface area (Å²) in [6.45, 7) is 4.01. The second-order valence-electron chi connectivity index (χ2n) is 6.25. The molecule has 0 spiro atoms. The molecule has 0 aliphatic carbocycles. The van der Waals surface area contributed by atoms with Crippen molar-refractivity contribution < 1.29 is 4.79 Å². The van der Waals surface area contributed by atoms with Crippen LogP contribution in [0.4, 0.5) is 5.82 Å². The highest BCUT2D eigenvalue weighted by molar-refractivity contribution is 5.78. The fourth-order valence-electron chi connectivity index (χ4n) is 3.30. The topological polar surface area (TPSA) is 60.2 Å². The van der Waals surface area contributed by atoms with Gasteiger partial charge in [0.1, 0.15) is 11.9 Å². The molecule has 128 valence electrons. The maximum Gasteiger partial charge on any atom is 0.224 e. The van der Waals surface area contributed by atoms with Gasteiger partial charge in [0.25, 0.3) is 0 Å². The lowest BCUT2D eigenvalue weighted by molar-refractivity contribution is -0.133. The van der Waals surface area contributed by atoms with Crippen molar-refractivity contribution in [2.75, 3.05) is 18.0 Å². The van der Waals surface area contributed by atoms with E-state index < -0.39 is 0 Å². The van der Waals surface area contributed by atoms with Gasteiger partial charge in [-0.05, 0) is 24.1 Å². The zero-order valence-corrected chi connectivity index (χ0v) is 14.4. The van der Waals surface area contributed by atoms with E-state index >= 15 is 0 Å². The summed E-state index contributed by atoms with van der Waals surface area (Å²) in [5.74, 6) is 0.838. The maximum atomic E-state index is 12.7. The summed E-state index contributed by atoms with van der Waals surface area (Å²) in [6, 6.07) is 15.9. The maximum absolute atomic E-state index is 12.7. The van der Waals surface area contributed by atoms with Crippen molar-refractivity contribution in [1.82, 2.24) is 9.88 Å². The highest BCUT2D eigenvalue weighted by atomic mass is 16.2. The van der Waals surface area contributed by atoms with E-state index in [0.29, 0.717) is 37.4 Å². The molecule has 1 aromatic heterocycles. The number of rotatable bonds is 4. The molecule has 1 fully saturated rings. The van der Waals surface area contributed by atoms with Crippen molar-refractivity contribution in [1.29, 1.82) is 5.26 Å². The zero-order valence-electron chi connectivity index (χ0n) is 14.4. The second-order valence-corrected chi connectivity index (χ2v) is 6.25. The highest BCUT2D eigenvalue weighted by Gasteiger charge is 2.29. The summed E-state index contributed by atoms with van der Waals surface area (Å²) >= 11 is 0. The highest BCUT2D eigenvalue weighted by Crippen LogP contribution is 2.23. The molecule has 5 nitrogen and oxygen atoms in total. The zero-order chi connectivity index (χ0) is 17.6. The first-order valence-corrected chi connectivity index (χ1v) is 8.66. The number of nitriles is 1. The molecule has 3 rings (SSSR count). The number of benzene rings is 1. The van der Waals surface area contributed by atoms with Gasteiger partial charge in [0.2, 0.25) is 5.91 Å². The normalized spacial score (nSPS) is 17.9. The number of anilines is 1. The fourth-order valence-corrected chi connectivity index (χ4v) is 3.30. The third-order valence-corrected chi connectivity index (χ3v) is 4.66. The van der Waals surface area contributed by atoms with Crippen LogP contribution in [-0.2, 0) is 11.3 Å². The summed E-state index contributed by atoms with van der Waals surface area (Å²) in [7, 11) is 0. The smallest absolute Gasteiger partial charge is 0.224 e. The van der Waals surface area contributed by atoms with Crippen molar-refractivity contribution in [3.05, 3.63) is 59.8 Å². The summed E-state index contributed by atoms with van der Waals surface area (Å²) in [4.78, 5) is 21.2. The Labute approximate surface area is 148 Å². The summed E-state index contributed by atoms with van der Waals surface area (Å²) in [5.41, 5.74) is 1.69. The molecule has 1 amide bonds. The monoisotopic (exact) mass is 334 g/mol. The average Bonchev–Trinajstić information content (AvgIpc) is 2.82. The van der Waals surface area contributed by atoms with Gasteiger partial charge in [0.05, 0.1) is 5.56 Å². The lowest BCUT2D eigenvalue weighted by Gasteiger charge is -2.32. The SMILES string of the molecule is CCC1CN(c2ncccc2C#N)CCC(=O)N1Cc1ccccc1. The van der Waals surface area contributed by atoms with Crippen LogP contribution in [0.2, 0.25) is 0 Å². The van der Waals surface area contributed by atoms with Crippen molar-refractivity contribution in [3.8, 4) is 6.07 Å². The molecule has 1 aliphatic heterocycles. The van der Waals surface area contributed by atoms with Crippen LogP contribution in [0.3, 0.4) is 0 Å². The predicted octanol–water partition coefficient (Wildman–Crippen LogP) is 2.97. The Hall–Kier alpha value is -2.87. The lowest BCUT2D eigenvalue weighted by atomic mass is 10.1. The fraction of sp³-hybridized carbons (Fsp3) is 0.350. The summed E-state index contributed by atoms with van der Waals surface area (Å²) in [6.07, 6.45) is 3.00. The Bertz CT molecular complexity index is 769. The molecule has 1 aromatic carbocycles.